The molecule has 31 heavy (non-hydrogen) atoms. The van der Waals surface area contributed by atoms with E-state index in [-0.39, 0.29) is 17.5 Å². The average molecular weight is 456 g/mol. The van der Waals surface area contributed by atoms with Crippen LogP contribution in [0.4, 0.5) is 11.4 Å². The van der Waals surface area contributed by atoms with Gasteiger partial charge in [-0.1, -0.05) is 60.7 Å². The maximum absolute atomic E-state index is 12.6. The van der Waals surface area contributed by atoms with E-state index in [0.717, 1.165) is 18.4 Å². The van der Waals surface area contributed by atoms with Gasteiger partial charge in [-0.15, -0.1) is 0 Å². The van der Waals surface area contributed by atoms with Gasteiger partial charge in [-0.25, -0.2) is 0 Å². The van der Waals surface area contributed by atoms with Crippen LogP contribution in [0, 0.1) is 10.1 Å². The minimum atomic E-state index is -0.485. The van der Waals surface area contributed by atoms with Crippen LogP contribution in [0.1, 0.15) is 31.2 Å². The Morgan fingerprint density at radius 3 is 2.48 bits per heavy atom. The summed E-state index contributed by atoms with van der Waals surface area (Å²) in [4.78, 5) is 37.0. The lowest BCUT2D eigenvalue weighted by Gasteiger charge is -2.14. The molecule has 3 rings (SSSR count). The first-order chi connectivity index (χ1) is 14.9. The summed E-state index contributed by atoms with van der Waals surface area (Å²) in [7, 11) is 0. The van der Waals surface area contributed by atoms with Crippen molar-refractivity contribution in [1.29, 1.82) is 0 Å². The van der Waals surface area contributed by atoms with E-state index >= 15 is 0 Å². The first kappa shape index (κ1) is 22.6. The third-order valence-electron chi connectivity index (χ3n) is 4.62. The third kappa shape index (κ3) is 6.47. The lowest BCUT2D eigenvalue weighted by atomic mass is 10.1. The molecule has 7 nitrogen and oxygen atoms in total. The maximum Gasteiger partial charge on any atom is 0.269 e. The van der Waals surface area contributed by atoms with Gasteiger partial charge in [0.15, 0.2) is 0 Å². The zero-order valence-electron chi connectivity index (χ0n) is 16.7. The van der Waals surface area contributed by atoms with Gasteiger partial charge in [-0.3, -0.25) is 24.6 Å². The second-order valence-corrected chi connectivity index (χ2v) is 8.58. The van der Waals surface area contributed by atoms with Gasteiger partial charge < -0.3 is 5.32 Å². The van der Waals surface area contributed by atoms with E-state index in [1.54, 1.807) is 4.90 Å². The van der Waals surface area contributed by atoms with Gasteiger partial charge in [0, 0.05) is 30.8 Å². The second kappa shape index (κ2) is 10.8. The lowest BCUT2D eigenvalue weighted by Crippen LogP contribution is -2.29. The molecule has 0 saturated carbocycles. The number of nitro benzene ring substituents is 1. The number of benzene rings is 2. The first-order valence-electron chi connectivity index (χ1n) is 9.79. The van der Waals surface area contributed by atoms with Crippen molar-refractivity contribution in [3.05, 3.63) is 75.2 Å². The molecule has 1 fully saturated rings. The van der Waals surface area contributed by atoms with Gasteiger partial charge in [-0.2, -0.15) is 0 Å². The number of thioether (sulfide) groups is 1. The van der Waals surface area contributed by atoms with E-state index in [9.17, 15) is 19.7 Å². The third-order valence-corrected chi connectivity index (χ3v) is 6.00. The number of anilines is 1. The van der Waals surface area contributed by atoms with Gasteiger partial charge in [0.2, 0.25) is 5.91 Å². The normalized spacial score (nSPS) is 14.8. The largest absolute Gasteiger partial charge is 0.326 e. The molecule has 0 radical (unpaired) electrons. The highest BCUT2D eigenvalue weighted by atomic mass is 32.2. The molecule has 0 unspecified atom stereocenters. The topological polar surface area (TPSA) is 92.6 Å². The van der Waals surface area contributed by atoms with Gasteiger partial charge in [-0.05, 0) is 36.6 Å². The van der Waals surface area contributed by atoms with Crippen molar-refractivity contribution in [3.63, 3.8) is 0 Å². The number of amides is 2. The van der Waals surface area contributed by atoms with Gasteiger partial charge >= 0.3 is 0 Å². The number of nitro groups is 1. The molecule has 1 heterocycles. The molecule has 1 aliphatic heterocycles. The van der Waals surface area contributed by atoms with Crippen LogP contribution in [-0.4, -0.2) is 32.5 Å². The number of nitrogens with zero attached hydrogens (tertiary/aromatic N) is 2. The highest BCUT2D eigenvalue weighted by Gasteiger charge is 2.31. The Labute approximate surface area is 189 Å². The zero-order valence-corrected chi connectivity index (χ0v) is 18.3. The zero-order chi connectivity index (χ0) is 22.2. The summed E-state index contributed by atoms with van der Waals surface area (Å²) in [6, 6.07) is 15.4. The van der Waals surface area contributed by atoms with E-state index in [1.165, 1.54) is 36.0 Å². The molecule has 160 valence electrons. The molecule has 0 atom stereocenters. The predicted octanol–water partition coefficient (Wildman–Crippen LogP) is 5.00. The Balaban J connectivity index is 1.39. The molecule has 0 spiro atoms. The number of hydrogen-bond acceptors (Lipinski definition) is 6. The van der Waals surface area contributed by atoms with Gasteiger partial charge in [0.05, 0.1) is 9.83 Å². The molecular formula is C22H21N3O4S2. The number of hydrogen-bond donors (Lipinski definition) is 1. The molecule has 2 aromatic carbocycles. The fourth-order valence-corrected chi connectivity index (χ4v) is 4.32. The number of carbonyl (C=O) groups is 2. The molecule has 1 aliphatic rings. The maximum atomic E-state index is 12.6. The molecule has 9 heteroatoms. The molecule has 1 saturated heterocycles. The SMILES string of the molecule is O=C(CCCCCN1C(=O)C(=Cc2ccccc2)SC1=S)Nc1ccc([N+](=O)[O-])cc1. The van der Waals surface area contributed by atoms with E-state index < -0.39 is 4.92 Å². The summed E-state index contributed by atoms with van der Waals surface area (Å²) < 4.78 is 0.558. The first-order valence-corrected chi connectivity index (χ1v) is 11.0. The highest BCUT2D eigenvalue weighted by molar-refractivity contribution is 8.26. The summed E-state index contributed by atoms with van der Waals surface area (Å²) in [5.41, 5.74) is 1.47. The standard InChI is InChI=1S/C22H21N3O4S2/c26-20(23-17-10-12-18(13-11-17)25(28)29)9-5-2-6-14-24-21(27)19(31-22(24)30)15-16-7-3-1-4-8-16/h1,3-4,7-8,10-13,15H,2,5-6,9,14H2,(H,23,26). The number of carbonyl (C=O) groups excluding carboxylic acids is 2. The number of thiocarbonyl (C=S) groups is 1. The van der Waals surface area contributed by atoms with Crippen molar-refractivity contribution in [2.24, 2.45) is 0 Å². The van der Waals surface area contributed by atoms with E-state index in [2.05, 4.69) is 5.32 Å². The summed E-state index contributed by atoms with van der Waals surface area (Å²) >= 11 is 6.66. The minimum absolute atomic E-state index is 0.0210. The molecule has 0 bridgehead atoms. The van der Waals surface area contributed by atoms with Crippen molar-refractivity contribution in [3.8, 4) is 0 Å². The van der Waals surface area contributed by atoms with Crippen LogP contribution in [0.5, 0.6) is 0 Å². The Kier molecular flexibility index (Phi) is 7.91. The summed E-state index contributed by atoms with van der Waals surface area (Å²) in [5.74, 6) is -0.222. The van der Waals surface area contributed by atoms with Crippen molar-refractivity contribution >= 4 is 57.6 Å². The number of rotatable bonds is 9. The van der Waals surface area contributed by atoms with E-state index in [1.807, 2.05) is 36.4 Å². The average Bonchev–Trinajstić information content (AvgIpc) is 3.01. The van der Waals surface area contributed by atoms with Gasteiger partial charge in [0.25, 0.3) is 11.6 Å². The molecule has 1 N–H and O–H groups in total. The van der Waals surface area contributed by atoms with Crippen molar-refractivity contribution in [2.45, 2.75) is 25.7 Å². The summed E-state index contributed by atoms with van der Waals surface area (Å²) in [6.07, 6.45) is 4.39. The monoisotopic (exact) mass is 455 g/mol. The van der Waals surface area contributed by atoms with Crippen molar-refractivity contribution in [1.82, 2.24) is 4.90 Å². The molecule has 0 aromatic heterocycles. The van der Waals surface area contributed by atoms with Crippen LogP contribution < -0.4 is 5.32 Å². The second-order valence-electron chi connectivity index (χ2n) is 6.91. The fraction of sp³-hybridized carbons (Fsp3) is 0.227. The van der Waals surface area contributed by atoms with Crippen LogP contribution in [0.2, 0.25) is 0 Å². The fourth-order valence-electron chi connectivity index (χ4n) is 3.02. The number of nitrogens with one attached hydrogen (secondary N) is 1. The predicted molar refractivity (Wildman–Crippen MR) is 127 cm³/mol. The molecule has 0 aliphatic carbocycles. The Hall–Kier alpha value is -3.04. The highest BCUT2D eigenvalue weighted by Crippen LogP contribution is 2.32. The van der Waals surface area contributed by atoms with E-state index in [4.69, 9.17) is 12.2 Å². The van der Waals surface area contributed by atoms with Crippen molar-refractivity contribution < 1.29 is 14.5 Å². The van der Waals surface area contributed by atoms with Crippen molar-refractivity contribution in [2.75, 3.05) is 11.9 Å². The molecule has 2 aromatic rings. The van der Waals surface area contributed by atoms with Crippen LogP contribution in [0.3, 0.4) is 0 Å². The number of unbranched alkanes of at least 4 members (excludes halogenated alkanes) is 2. The number of non-ortho nitro benzene ring substituents is 1. The van der Waals surface area contributed by atoms with Crippen LogP contribution in [-0.2, 0) is 9.59 Å². The quantitative estimate of drug-likeness (QED) is 0.188. The van der Waals surface area contributed by atoms with Crippen LogP contribution >= 0.6 is 24.0 Å². The summed E-state index contributed by atoms with van der Waals surface area (Å²) in [5, 5.41) is 13.4. The Morgan fingerprint density at radius 2 is 1.81 bits per heavy atom. The Bertz CT molecular complexity index is 1010. The molecule has 2 amide bonds. The van der Waals surface area contributed by atoms with E-state index in [0.29, 0.717) is 34.3 Å². The Morgan fingerprint density at radius 1 is 1.10 bits per heavy atom. The minimum Gasteiger partial charge on any atom is -0.326 e. The van der Waals surface area contributed by atoms with Crippen LogP contribution in [0.15, 0.2) is 59.5 Å². The van der Waals surface area contributed by atoms with Gasteiger partial charge in [0.1, 0.15) is 4.32 Å². The molecular weight excluding hydrogens is 434 g/mol. The van der Waals surface area contributed by atoms with Crippen LogP contribution in [0.25, 0.3) is 6.08 Å². The smallest absolute Gasteiger partial charge is 0.269 e. The lowest BCUT2D eigenvalue weighted by molar-refractivity contribution is -0.384. The summed E-state index contributed by atoms with van der Waals surface area (Å²) in [6.45, 7) is 0.529.